The molecule has 0 radical (unpaired) electrons. The van der Waals surface area contributed by atoms with E-state index in [0.717, 1.165) is 50.7 Å². The van der Waals surface area contributed by atoms with E-state index in [9.17, 15) is 4.79 Å². The largest absolute Gasteiger partial charge is 0.352 e. The lowest BCUT2D eigenvalue weighted by Gasteiger charge is -2.36. The number of aliphatic imine (C=N–C) groups is 1. The SMILES string of the molecule is CN=C(NCc1cccc(-n2cccn2)c1)N1CCN(CC(=O)NC2CC2)CC1.I. The summed E-state index contributed by atoms with van der Waals surface area (Å²) in [6, 6.07) is 10.7. The van der Waals surface area contributed by atoms with Crippen LogP contribution in [-0.4, -0.2) is 77.3 Å². The third kappa shape index (κ3) is 6.18. The van der Waals surface area contributed by atoms with Gasteiger partial charge in [-0.3, -0.25) is 14.7 Å². The lowest BCUT2D eigenvalue weighted by Crippen LogP contribution is -2.54. The van der Waals surface area contributed by atoms with Gasteiger partial charge in [-0.15, -0.1) is 24.0 Å². The van der Waals surface area contributed by atoms with E-state index in [1.165, 1.54) is 5.56 Å². The van der Waals surface area contributed by atoms with Crippen LogP contribution < -0.4 is 10.6 Å². The predicted molar refractivity (Wildman–Crippen MR) is 128 cm³/mol. The van der Waals surface area contributed by atoms with Gasteiger partial charge < -0.3 is 15.5 Å². The Bertz CT molecular complexity index is 843. The maximum Gasteiger partial charge on any atom is 0.234 e. The Balaban J connectivity index is 0.00000256. The number of halogens is 1. The van der Waals surface area contributed by atoms with E-state index in [2.05, 4.69) is 42.7 Å². The van der Waals surface area contributed by atoms with Crippen molar-refractivity contribution in [2.45, 2.75) is 25.4 Å². The van der Waals surface area contributed by atoms with Crippen LogP contribution in [0.4, 0.5) is 0 Å². The van der Waals surface area contributed by atoms with Gasteiger partial charge in [0, 0.05) is 58.2 Å². The fourth-order valence-electron chi connectivity index (χ4n) is 3.57. The molecule has 8 nitrogen and oxygen atoms in total. The molecule has 0 bridgehead atoms. The first kappa shape index (κ1) is 22.5. The molecule has 162 valence electrons. The molecule has 2 aromatic rings. The molecule has 0 unspecified atom stereocenters. The second kappa shape index (κ2) is 10.8. The molecule has 30 heavy (non-hydrogen) atoms. The molecule has 2 N–H and O–H groups in total. The smallest absolute Gasteiger partial charge is 0.234 e. The van der Waals surface area contributed by atoms with E-state index >= 15 is 0 Å². The van der Waals surface area contributed by atoms with Gasteiger partial charge in [0.1, 0.15) is 0 Å². The molecule has 1 aliphatic carbocycles. The number of benzene rings is 1. The Labute approximate surface area is 194 Å². The normalized spacial score (nSPS) is 17.4. The average molecular weight is 523 g/mol. The second-order valence-corrected chi connectivity index (χ2v) is 7.63. The first-order valence-corrected chi connectivity index (χ1v) is 10.3. The number of rotatable bonds is 6. The summed E-state index contributed by atoms with van der Waals surface area (Å²) < 4.78 is 1.86. The van der Waals surface area contributed by atoms with E-state index in [1.54, 1.807) is 6.20 Å². The van der Waals surface area contributed by atoms with Gasteiger partial charge in [-0.05, 0) is 36.6 Å². The molecule has 0 atom stereocenters. The standard InChI is InChI=1S/C21H29N7O.HI/c1-22-21(23-15-17-4-2-5-19(14-17)28-9-3-8-24-28)27-12-10-26(11-13-27)16-20(29)25-18-6-7-18;/h2-5,8-9,14,18H,6-7,10-13,15-16H2,1H3,(H,22,23)(H,25,29);1H. The van der Waals surface area contributed by atoms with Crippen LogP contribution in [0.15, 0.2) is 47.7 Å². The van der Waals surface area contributed by atoms with Crippen molar-refractivity contribution in [3.63, 3.8) is 0 Å². The zero-order valence-electron chi connectivity index (χ0n) is 17.3. The highest BCUT2D eigenvalue weighted by Crippen LogP contribution is 2.18. The third-order valence-corrected chi connectivity index (χ3v) is 5.32. The topological polar surface area (TPSA) is 77.8 Å². The third-order valence-electron chi connectivity index (χ3n) is 5.32. The summed E-state index contributed by atoms with van der Waals surface area (Å²) in [5.74, 6) is 1.05. The van der Waals surface area contributed by atoms with Crippen molar-refractivity contribution in [1.82, 2.24) is 30.2 Å². The molecule has 1 aromatic carbocycles. The summed E-state index contributed by atoms with van der Waals surface area (Å²) >= 11 is 0. The molecule has 2 aliphatic rings. The summed E-state index contributed by atoms with van der Waals surface area (Å²) in [6.07, 6.45) is 5.98. The van der Waals surface area contributed by atoms with Gasteiger partial charge in [0.2, 0.25) is 5.91 Å². The van der Waals surface area contributed by atoms with Gasteiger partial charge in [0.05, 0.1) is 12.2 Å². The molecular weight excluding hydrogens is 493 g/mol. The summed E-state index contributed by atoms with van der Waals surface area (Å²) in [6.45, 7) is 4.66. The predicted octanol–water partition coefficient (Wildman–Crippen LogP) is 1.46. The molecule has 0 spiro atoms. The first-order valence-electron chi connectivity index (χ1n) is 10.3. The van der Waals surface area contributed by atoms with Crippen LogP contribution in [-0.2, 0) is 11.3 Å². The lowest BCUT2D eigenvalue weighted by atomic mass is 10.2. The maximum atomic E-state index is 12.0. The lowest BCUT2D eigenvalue weighted by molar-refractivity contribution is -0.122. The van der Waals surface area contributed by atoms with Crippen molar-refractivity contribution < 1.29 is 4.79 Å². The Hall–Kier alpha value is -2.14. The minimum absolute atomic E-state index is 0. The minimum Gasteiger partial charge on any atom is -0.352 e. The van der Waals surface area contributed by atoms with Crippen molar-refractivity contribution in [2.75, 3.05) is 39.8 Å². The van der Waals surface area contributed by atoms with E-state index in [-0.39, 0.29) is 29.9 Å². The van der Waals surface area contributed by atoms with Crippen LogP contribution >= 0.6 is 24.0 Å². The van der Waals surface area contributed by atoms with E-state index < -0.39 is 0 Å². The van der Waals surface area contributed by atoms with E-state index in [4.69, 9.17) is 0 Å². The monoisotopic (exact) mass is 523 g/mol. The molecule has 1 saturated carbocycles. The summed E-state index contributed by atoms with van der Waals surface area (Å²) in [5, 5.41) is 10.8. The van der Waals surface area contributed by atoms with Crippen molar-refractivity contribution in [3.05, 3.63) is 48.3 Å². The molecular formula is C21H30IN7O. The summed E-state index contributed by atoms with van der Waals surface area (Å²) in [4.78, 5) is 20.9. The van der Waals surface area contributed by atoms with Crippen molar-refractivity contribution in [2.24, 2.45) is 4.99 Å². The number of carbonyl (C=O) groups excluding carboxylic acids is 1. The first-order chi connectivity index (χ1) is 14.2. The molecule has 4 rings (SSSR count). The second-order valence-electron chi connectivity index (χ2n) is 7.63. The maximum absolute atomic E-state index is 12.0. The number of piperazine rings is 1. The van der Waals surface area contributed by atoms with Crippen LogP contribution in [0.3, 0.4) is 0 Å². The van der Waals surface area contributed by atoms with Crippen LogP contribution in [0.5, 0.6) is 0 Å². The number of amides is 1. The molecule has 1 amide bonds. The van der Waals surface area contributed by atoms with Crippen molar-refractivity contribution >= 4 is 35.8 Å². The molecule has 2 heterocycles. The number of aromatic nitrogens is 2. The number of guanidine groups is 1. The molecule has 1 saturated heterocycles. The van der Waals surface area contributed by atoms with Crippen LogP contribution in [0.1, 0.15) is 18.4 Å². The van der Waals surface area contributed by atoms with Gasteiger partial charge in [-0.25, -0.2) is 4.68 Å². The van der Waals surface area contributed by atoms with Gasteiger partial charge >= 0.3 is 0 Å². The molecule has 1 aromatic heterocycles. The van der Waals surface area contributed by atoms with E-state index in [0.29, 0.717) is 19.1 Å². The Morgan fingerprint density at radius 1 is 1.20 bits per heavy atom. The Kier molecular flexibility index (Phi) is 8.08. The number of hydrogen-bond acceptors (Lipinski definition) is 4. The summed E-state index contributed by atoms with van der Waals surface area (Å²) in [5.41, 5.74) is 2.22. The highest BCUT2D eigenvalue weighted by molar-refractivity contribution is 14.0. The fraction of sp³-hybridized carbons (Fsp3) is 0.476. The zero-order valence-corrected chi connectivity index (χ0v) is 19.7. The van der Waals surface area contributed by atoms with Crippen LogP contribution in [0, 0.1) is 0 Å². The van der Waals surface area contributed by atoms with Gasteiger partial charge in [0.15, 0.2) is 5.96 Å². The highest BCUT2D eigenvalue weighted by atomic mass is 127. The van der Waals surface area contributed by atoms with Gasteiger partial charge in [-0.2, -0.15) is 5.10 Å². The van der Waals surface area contributed by atoms with Gasteiger partial charge in [-0.1, -0.05) is 12.1 Å². The van der Waals surface area contributed by atoms with Crippen molar-refractivity contribution in [1.29, 1.82) is 0 Å². The molecule has 2 fully saturated rings. The zero-order chi connectivity index (χ0) is 20.1. The Morgan fingerprint density at radius 3 is 2.67 bits per heavy atom. The quantitative estimate of drug-likeness (QED) is 0.341. The average Bonchev–Trinajstić information content (AvgIpc) is 3.37. The fourth-order valence-corrected chi connectivity index (χ4v) is 3.57. The minimum atomic E-state index is 0. The van der Waals surface area contributed by atoms with Crippen molar-refractivity contribution in [3.8, 4) is 5.69 Å². The van der Waals surface area contributed by atoms with Gasteiger partial charge in [0.25, 0.3) is 0 Å². The highest BCUT2D eigenvalue weighted by Gasteiger charge is 2.25. The summed E-state index contributed by atoms with van der Waals surface area (Å²) in [7, 11) is 1.82. The molecule has 1 aliphatic heterocycles. The number of nitrogens with one attached hydrogen (secondary N) is 2. The number of hydrogen-bond donors (Lipinski definition) is 2. The van der Waals surface area contributed by atoms with Crippen LogP contribution in [0.2, 0.25) is 0 Å². The van der Waals surface area contributed by atoms with E-state index in [1.807, 2.05) is 36.1 Å². The van der Waals surface area contributed by atoms with Crippen LogP contribution in [0.25, 0.3) is 5.69 Å². The number of nitrogens with zero attached hydrogens (tertiary/aromatic N) is 5. The number of carbonyl (C=O) groups is 1. The molecule has 9 heteroatoms. The Morgan fingerprint density at radius 2 is 2.00 bits per heavy atom.